The van der Waals surface area contributed by atoms with E-state index in [4.69, 9.17) is 9.15 Å². The molecule has 1 fully saturated rings. The molecule has 1 aromatic carbocycles. The van der Waals surface area contributed by atoms with E-state index in [0.29, 0.717) is 48.3 Å². The van der Waals surface area contributed by atoms with Crippen molar-refractivity contribution in [3.63, 3.8) is 0 Å². The van der Waals surface area contributed by atoms with Crippen LogP contribution in [0.25, 0.3) is 10.7 Å². The maximum absolute atomic E-state index is 13.6. The Kier molecular flexibility index (Phi) is 7.82. The Balaban J connectivity index is 1.52. The number of halogens is 1. The average molecular weight is 530 g/mol. The zero-order chi connectivity index (χ0) is 26.7. The van der Waals surface area contributed by atoms with Crippen LogP contribution >= 0.6 is 11.3 Å². The van der Waals surface area contributed by atoms with Crippen molar-refractivity contribution >= 4 is 29.0 Å². The van der Waals surface area contributed by atoms with E-state index in [1.54, 1.807) is 22.4 Å². The number of aromatic nitrogens is 2. The van der Waals surface area contributed by atoms with Crippen LogP contribution in [-0.2, 0) is 11.2 Å². The third-order valence-corrected chi connectivity index (χ3v) is 6.50. The van der Waals surface area contributed by atoms with Crippen molar-refractivity contribution in [2.75, 3.05) is 24.5 Å². The summed E-state index contributed by atoms with van der Waals surface area (Å²) in [7, 11) is 0. The quantitative estimate of drug-likeness (QED) is 0.492. The van der Waals surface area contributed by atoms with Gasteiger partial charge >= 0.3 is 6.09 Å². The summed E-state index contributed by atoms with van der Waals surface area (Å²) in [5, 5.41) is 5.10. The van der Waals surface area contributed by atoms with Gasteiger partial charge in [-0.15, -0.1) is 11.3 Å². The minimum absolute atomic E-state index is 0.0103. The average Bonchev–Trinajstić information content (AvgIpc) is 3.48. The fourth-order valence-electron chi connectivity index (χ4n) is 4.03. The summed E-state index contributed by atoms with van der Waals surface area (Å²) in [5.74, 6) is -0.0722. The Labute approximate surface area is 219 Å². The van der Waals surface area contributed by atoms with Gasteiger partial charge in [0.1, 0.15) is 34.1 Å². The monoisotopic (exact) mass is 529 g/mol. The van der Waals surface area contributed by atoms with Crippen LogP contribution in [0.2, 0.25) is 0 Å². The minimum Gasteiger partial charge on any atom is -0.448 e. The van der Waals surface area contributed by atoms with Gasteiger partial charge in [-0.2, -0.15) is 0 Å². The molecule has 1 saturated heterocycles. The van der Waals surface area contributed by atoms with Gasteiger partial charge in [0.25, 0.3) is 5.91 Å². The van der Waals surface area contributed by atoms with Gasteiger partial charge in [-0.3, -0.25) is 4.79 Å². The zero-order valence-electron chi connectivity index (χ0n) is 21.7. The van der Waals surface area contributed by atoms with Crippen molar-refractivity contribution in [1.82, 2.24) is 20.2 Å². The molecule has 11 heteroatoms. The summed E-state index contributed by atoms with van der Waals surface area (Å²) >= 11 is 1.32. The molecule has 1 aliphatic rings. The van der Waals surface area contributed by atoms with Gasteiger partial charge in [0.15, 0.2) is 5.89 Å². The third kappa shape index (κ3) is 6.85. The number of anilines is 1. The van der Waals surface area contributed by atoms with Crippen molar-refractivity contribution in [1.29, 1.82) is 0 Å². The molecule has 1 aliphatic heterocycles. The predicted molar refractivity (Wildman–Crippen MR) is 139 cm³/mol. The Hall–Kier alpha value is -3.47. The first-order chi connectivity index (χ1) is 17.5. The van der Waals surface area contributed by atoms with Crippen LogP contribution in [-0.4, -0.2) is 64.2 Å². The molecule has 198 valence electrons. The van der Waals surface area contributed by atoms with Crippen LogP contribution in [0.1, 0.15) is 51.0 Å². The molecule has 4 rings (SSSR count). The topological polar surface area (TPSA) is 101 Å². The normalized spacial score (nSPS) is 16.2. The van der Waals surface area contributed by atoms with E-state index in [1.807, 2.05) is 34.6 Å². The SMILES string of the molecule is CC(C)NC(=O)c1csc(-c2coc(CC3CN(C(=O)OC(C)(C)C)CCN3c3ccc(F)cc3)n2)n1. The Morgan fingerprint density at radius 1 is 1.22 bits per heavy atom. The number of nitrogens with zero attached hydrogens (tertiary/aromatic N) is 4. The fourth-order valence-corrected chi connectivity index (χ4v) is 4.78. The number of carbonyl (C=O) groups excluding carboxylic acids is 2. The number of rotatable bonds is 6. The smallest absolute Gasteiger partial charge is 0.410 e. The van der Waals surface area contributed by atoms with Crippen LogP contribution in [0.3, 0.4) is 0 Å². The molecular weight excluding hydrogens is 497 g/mol. The zero-order valence-corrected chi connectivity index (χ0v) is 22.5. The molecule has 3 aromatic rings. The number of hydrogen-bond donors (Lipinski definition) is 1. The predicted octanol–water partition coefficient (Wildman–Crippen LogP) is 4.74. The molecule has 3 heterocycles. The summed E-state index contributed by atoms with van der Waals surface area (Å²) in [6.07, 6.45) is 1.55. The van der Waals surface area contributed by atoms with Gasteiger partial charge in [-0.05, 0) is 58.9 Å². The highest BCUT2D eigenvalue weighted by Gasteiger charge is 2.33. The largest absolute Gasteiger partial charge is 0.448 e. The van der Waals surface area contributed by atoms with Crippen molar-refractivity contribution in [2.45, 2.75) is 58.7 Å². The number of nitrogens with one attached hydrogen (secondary N) is 1. The number of oxazole rings is 1. The number of hydrogen-bond acceptors (Lipinski definition) is 8. The van der Waals surface area contributed by atoms with E-state index < -0.39 is 5.60 Å². The fraction of sp³-hybridized carbons (Fsp3) is 0.462. The molecule has 37 heavy (non-hydrogen) atoms. The molecule has 0 bridgehead atoms. The van der Waals surface area contributed by atoms with E-state index in [1.165, 1.54) is 29.7 Å². The summed E-state index contributed by atoms with van der Waals surface area (Å²) < 4.78 is 24.9. The second-order valence-electron chi connectivity index (χ2n) is 10.2. The highest BCUT2D eigenvalue weighted by Crippen LogP contribution is 2.27. The van der Waals surface area contributed by atoms with Crippen LogP contribution in [0.5, 0.6) is 0 Å². The van der Waals surface area contributed by atoms with Gasteiger partial charge < -0.3 is 24.3 Å². The molecule has 0 spiro atoms. The molecule has 2 amide bonds. The molecule has 1 atom stereocenters. The molecule has 0 aliphatic carbocycles. The molecule has 2 aromatic heterocycles. The lowest BCUT2D eigenvalue weighted by molar-refractivity contribution is 0.0212. The lowest BCUT2D eigenvalue weighted by atomic mass is 10.1. The minimum atomic E-state index is -0.600. The Morgan fingerprint density at radius 2 is 1.95 bits per heavy atom. The van der Waals surface area contributed by atoms with E-state index in [9.17, 15) is 14.0 Å². The summed E-state index contributed by atoms with van der Waals surface area (Å²) in [6.45, 7) is 10.7. The van der Waals surface area contributed by atoms with Crippen molar-refractivity contribution in [3.8, 4) is 10.7 Å². The van der Waals surface area contributed by atoms with Gasteiger partial charge in [-0.25, -0.2) is 19.2 Å². The Morgan fingerprint density at radius 3 is 2.62 bits per heavy atom. The van der Waals surface area contributed by atoms with Crippen molar-refractivity contribution < 1.29 is 23.1 Å². The van der Waals surface area contributed by atoms with E-state index >= 15 is 0 Å². The first kappa shape index (κ1) is 26.6. The van der Waals surface area contributed by atoms with Gasteiger partial charge in [0, 0.05) is 43.2 Å². The van der Waals surface area contributed by atoms with Crippen LogP contribution in [0, 0.1) is 5.82 Å². The molecule has 1 unspecified atom stereocenters. The molecular formula is C26H32FN5O4S. The lowest BCUT2D eigenvalue weighted by Crippen LogP contribution is -2.56. The first-order valence-corrected chi connectivity index (χ1v) is 13.1. The van der Waals surface area contributed by atoms with Crippen molar-refractivity contribution in [2.24, 2.45) is 0 Å². The van der Waals surface area contributed by atoms with Crippen LogP contribution in [0.4, 0.5) is 14.9 Å². The second-order valence-corrected chi connectivity index (χ2v) is 11.1. The molecule has 1 N–H and O–H groups in total. The highest BCUT2D eigenvalue weighted by molar-refractivity contribution is 7.13. The maximum atomic E-state index is 13.6. The standard InChI is InChI=1S/C26H32FN5O4S/c1-16(2)28-23(33)21-15-37-24(30-21)20-14-35-22(29-20)12-19-13-31(25(34)36-26(3,4)5)10-11-32(19)18-8-6-17(27)7-9-18/h6-9,14-16,19H,10-13H2,1-5H3,(H,28,33). The molecule has 0 saturated carbocycles. The van der Waals surface area contributed by atoms with Gasteiger partial charge in [0.2, 0.25) is 0 Å². The Bertz CT molecular complexity index is 1230. The number of ether oxygens (including phenoxy) is 1. The number of thiazole rings is 1. The highest BCUT2D eigenvalue weighted by atomic mass is 32.1. The number of carbonyl (C=O) groups is 2. The van der Waals surface area contributed by atoms with E-state index in [-0.39, 0.29) is 29.9 Å². The molecule has 0 radical (unpaired) electrons. The van der Waals surface area contributed by atoms with Gasteiger partial charge in [0.05, 0.1) is 6.04 Å². The maximum Gasteiger partial charge on any atom is 0.410 e. The number of piperazine rings is 1. The van der Waals surface area contributed by atoms with Crippen LogP contribution < -0.4 is 10.2 Å². The van der Waals surface area contributed by atoms with E-state index in [0.717, 1.165) is 5.69 Å². The summed E-state index contributed by atoms with van der Waals surface area (Å²) in [4.78, 5) is 37.8. The van der Waals surface area contributed by atoms with Gasteiger partial charge in [-0.1, -0.05) is 0 Å². The third-order valence-electron chi connectivity index (χ3n) is 5.63. The summed E-state index contributed by atoms with van der Waals surface area (Å²) in [5.41, 5.74) is 1.12. The second kappa shape index (κ2) is 10.9. The van der Waals surface area contributed by atoms with E-state index in [2.05, 4.69) is 20.2 Å². The summed E-state index contributed by atoms with van der Waals surface area (Å²) in [6, 6.07) is 6.13. The van der Waals surface area contributed by atoms with Crippen LogP contribution in [0.15, 0.2) is 40.3 Å². The number of amides is 2. The first-order valence-electron chi connectivity index (χ1n) is 12.2. The van der Waals surface area contributed by atoms with Crippen molar-refractivity contribution in [3.05, 3.63) is 53.3 Å². The lowest BCUT2D eigenvalue weighted by Gasteiger charge is -2.42. The number of benzene rings is 1. The molecule has 9 nitrogen and oxygen atoms in total.